The first-order valence-electron chi connectivity index (χ1n) is 10.3. The van der Waals surface area contributed by atoms with Gasteiger partial charge in [0.25, 0.3) is 0 Å². The summed E-state index contributed by atoms with van der Waals surface area (Å²) in [6.45, 7) is 0. The van der Waals surface area contributed by atoms with Crippen LogP contribution >= 0.6 is 23.1 Å². The third-order valence-electron chi connectivity index (χ3n) is 6.17. The second kappa shape index (κ2) is 6.70. The van der Waals surface area contributed by atoms with Crippen molar-refractivity contribution in [3.8, 4) is 5.00 Å². The van der Waals surface area contributed by atoms with Crippen LogP contribution in [-0.4, -0.2) is 21.1 Å². The van der Waals surface area contributed by atoms with Gasteiger partial charge in [0.15, 0.2) is 6.17 Å². The van der Waals surface area contributed by atoms with Crippen LogP contribution in [0.4, 0.5) is 5.95 Å². The number of nitrogens with zero attached hydrogens (tertiary/aromatic N) is 5. The topological polar surface area (TPSA) is 58.3 Å². The fourth-order valence-corrected chi connectivity index (χ4v) is 7.90. The minimum atomic E-state index is -0.0253. The monoisotopic (exact) mass is 442 g/mol. The average Bonchev–Trinajstić information content (AvgIpc) is 3.56. The molecule has 0 amide bonds. The predicted octanol–water partition coefficient (Wildman–Crippen LogP) is 4.81. The first-order valence-corrected chi connectivity index (χ1v) is 12.0. The van der Waals surface area contributed by atoms with Crippen molar-refractivity contribution in [3.05, 3.63) is 94.1 Å². The molecule has 0 spiro atoms. The number of nitrogens with one attached hydrogen (secondary N) is 1. The lowest BCUT2D eigenvalue weighted by Gasteiger charge is -2.33. The molecular weight excluding hydrogens is 424 g/mol. The molecule has 1 unspecified atom stereocenters. The first-order chi connectivity index (χ1) is 15.4. The summed E-state index contributed by atoms with van der Waals surface area (Å²) in [5.41, 5.74) is 8.79. The van der Waals surface area contributed by atoms with E-state index in [4.69, 9.17) is 0 Å². The van der Waals surface area contributed by atoms with E-state index in [1.54, 1.807) is 0 Å². The van der Waals surface area contributed by atoms with E-state index < -0.39 is 0 Å². The third kappa shape index (κ3) is 2.55. The van der Waals surface area contributed by atoms with Crippen molar-refractivity contribution in [1.82, 2.24) is 20.2 Å². The molecule has 3 aliphatic rings. The molecule has 0 bridgehead atoms. The summed E-state index contributed by atoms with van der Waals surface area (Å²) in [5, 5.41) is 14.8. The maximum Gasteiger partial charge on any atom is 0.239 e. The largest absolute Gasteiger partial charge is 0.281 e. The molecule has 152 valence electrons. The van der Waals surface area contributed by atoms with Gasteiger partial charge in [0.05, 0.1) is 5.25 Å². The number of hydrazone groups is 1. The Labute approximate surface area is 187 Å². The van der Waals surface area contributed by atoms with Crippen molar-refractivity contribution < 1.29 is 0 Å². The van der Waals surface area contributed by atoms with Crippen molar-refractivity contribution in [2.45, 2.75) is 23.1 Å². The zero-order chi connectivity index (χ0) is 20.4. The molecule has 1 N–H and O–H groups in total. The normalized spacial score (nSPS) is 23.0. The van der Waals surface area contributed by atoms with Gasteiger partial charge in [-0.05, 0) is 23.1 Å². The number of aromatic nitrogens is 3. The summed E-state index contributed by atoms with van der Waals surface area (Å²) >= 11 is 3.93. The quantitative estimate of drug-likeness (QED) is 0.483. The summed E-state index contributed by atoms with van der Waals surface area (Å²) in [6, 6.07) is 21.8. The van der Waals surface area contributed by atoms with E-state index >= 15 is 0 Å². The van der Waals surface area contributed by atoms with E-state index in [0.29, 0.717) is 10.5 Å². The van der Waals surface area contributed by atoms with Crippen molar-refractivity contribution in [1.29, 1.82) is 0 Å². The molecule has 3 aliphatic heterocycles. The van der Waals surface area contributed by atoms with Crippen LogP contribution in [0.3, 0.4) is 0 Å². The minimum Gasteiger partial charge on any atom is -0.281 e. The van der Waals surface area contributed by atoms with Crippen LogP contribution in [0.2, 0.25) is 0 Å². The van der Waals surface area contributed by atoms with Gasteiger partial charge in [-0.3, -0.25) is 14.9 Å². The zero-order valence-corrected chi connectivity index (χ0v) is 18.1. The molecular formula is C23H18N6S2. The second-order valence-electron chi connectivity index (χ2n) is 7.88. The molecule has 4 aromatic rings. The lowest BCUT2D eigenvalue weighted by atomic mass is 9.95. The van der Waals surface area contributed by atoms with Crippen LogP contribution in [0.1, 0.15) is 43.8 Å². The van der Waals surface area contributed by atoms with E-state index in [1.807, 2.05) is 24.0 Å². The number of thiophene rings is 1. The van der Waals surface area contributed by atoms with Gasteiger partial charge in [-0.1, -0.05) is 60.7 Å². The Kier molecular flexibility index (Phi) is 3.80. The van der Waals surface area contributed by atoms with Gasteiger partial charge in [-0.15, -0.1) is 33.3 Å². The van der Waals surface area contributed by atoms with Crippen LogP contribution in [-0.2, 0) is 6.42 Å². The summed E-state index contributed by atoms with van der Waals surface area (Å²) < 4.78 is 2.11. The highest BCUT2D eigenvalue weighted by molar-refractivity contribution is 8.00. The maximum absolute atomic E-state index is 4.36. The van der Waals surface area contributed by atoms with Crippen LogP contribution in [0.5, 0.6) is 0 Å². The van der Waals surface area contributed by atoms with E-state index in [-0.39, 0.29) is 6.17 Å². The number of benzene rings is 2. The molecule has 0 saturated heterocycles. The molecule has 8 heteroatoms. The Hall–Kier alpha value is -3.10. The summed E-state index contributed by atoms with van der Waals surface area (Å²) in [6.07, 6.45) is 4.61. The Balaban J connectivity index is 1.45. The van der Waals surface area contributed by atoms with E-state index in [1.165, 1.54) is 32.1 Å². The minimum absolute atomic E-state index is 0.0253. The van der Waals surface area contributed by atoms with Crippen LogP contribution in [0.15, 0.2) is 72.1 Å². The predicted molar refractivity (Wildman–Crippen MR) is 125 cm³/mol. The Morgan fingerprint density at radius 2 is 1.74 bits per heavy atom. The smallest absolute Gasteiger partial charge is 0.239 e. The SMILES string of the molecule is C1=NNC2c3c(sc4c3C[C@@H](c3ccccc3)S[C@H]4c3ccccc3)-n3cnnc3N12. The van der Waals surface area contributed by atoms with Gasteiger partial charge < -0.3 is 0 Å². The summed E-state index contributed by atoms with van der Waals surface area (Å²) in [4.78, 5) is 3.52. The van der Waals surface area contributed by atoms with Gasteiger partial charge in [0.1, 0.15) is 17.7 Å². The van der Waals surface area contributed by atoms with Crippen LogP contribution in [0.25, 0.3) is 5.00 Å². The Morgan fingerprint density at radius 3 is 2.55 bits per heavy atom. The van der Waals surface area contributed by atoms with Gasteiger partial charge in [0, 0.05) is 15.7 Å². The van der Waals surface area contributed by atoms with E-state index in [2.05, 4.69) is 103 Å². The van der Waals surface area contributed by atoms with Gasteiger partial charge in [0.2, 0.25) is 5.95 Å². The molecule has 2 aromatic heterocycles. The number of thioether (sulfide) groups is 1. The average molecular weight is 443 g/mol. The lowest BCUT2D eigenvalue weighted by Crippen LogP contribution is -2.35. The van der Waals surface area contributed by atoms with Gasteiger partial charge >= 0.3 is 0 Å². The molecule has 6 nitrogen and oxygen atoms in total. The van der Waals surface area contributed by atoms with Crippen LogP contribution < -0.4 is 10.3 Å². The summed E-state index contributed by atoms with van der Waals surface area (Å²) in [5.74, 6) is 0.813. The number of rotatable bonds is 2. The highest BCUT2D eigenvalue weighted by Gasteiger charge is 2.43. The molecule has 31 heavy (non-hydrogen) atoms. The van der Waals surface area contributed by atoms with Crippen LogP contribution in [0, 0.1) is 0 Å². The Bertz CT molecular complexity index is 1300. The molecule has 3 atom stereocenters. The van der Waals surface area contributed by atoms with E-state index in [0.717, 1.165) is 12.4 Å². The summed E-state index contributed by atoms with van der Waals surface area (Å²) in [7, 11) is 0. The standard InChI is InChI=1S/C23H18N6S2/c1-3-7-14(8-4-1)17-11-16-18-21-26-24-12-28(21)23-27-25-13-29(23)22(18)31-20(16)19(30-17)15-9-5-2-6-10-15/h1-10,12-13,17,19,21,26H,11H2/t17-,19-,21?/m0/s1. The zero-order valence-electron chi connectivity index (χ0n) is 16.4. The van der Waals surface area contributed by atoms with Crippen molar-refractivity contribution in [2.75, 3.05) is 4.90 Å². The Morgan fingerprint density at radius 1 is 0.968 bits per heavy atom. The van der Waals surface area contributed by atoms with Gasteiger partial charge in [-0.25, -0.2) is 0 Å². The number of hydrogen-bond donors (Lipinski definition) is 1. The molecule has 2 aromatic carbocycles. The molecule has 0 fully saturated rings. The molecule has 0 aliphatic carbocycles. The van der Waals surface area contributed by atoms with Gasteiger partial charge in [-0.2, -0.15) is 5.10 Å². The van der Waals surface area contributed by atoms with Crippen molar-refractivity contribution in [2.24, 2.45) is 5.10 Å². The highest BCUT2D eigenvalue weighted by Crippen LogP contribution is 2.57. The molecule has 5 heterocycles. The molecule has 7 rings (SSSR count). The number of anilines is 1. The number of hydrogen-bond acceptors (Lipinski definition) is 7. The third-order valence-corrected chi connectivity index (χ3v) is 9.18. The highest BCUT2D eigenvalue weighted by atomic mass is 32.2. The fourth-order valence-electron chi connectivity index (χ4n) is 4.76. The number of fused-ring (bicyclic) bond motifs is 8. The first kappa shape index (κ1) is 17.6. The van der Waals surface area contributed by atoms with Crippen molar-refractivity contribution >= 4 is 35.4 Å². The maximum atomic E-state index is 4.36. The second-order valence-corrected chi connectivity index (χ2v) is 10.2. The lowest BCUT2D eigenvalue weighted by molar-refractivity contribution is 0.586. The molecule has 0 saturated carbocycles. The molecule has 0 radical (unpaired) electrons. The fraction of sp³-hybridized carbons (Fsp3) is 0.174. The van der Waals surface area contributed by atoms with E-state index in [9.17, 15) is 0 Å². The van der Waals surface area contributed by atoms with Crippen molar-refractivity contribution in [3.63, 3.8) is 0 Å².